The van der Waals surface area contributed by atoms with Crippen LogP contribution in [0.4, 0.5) is 0 Å². The predicted molar refractivity (Wildman–Crippen MR) is 89.2 cm³/mol. The Morgan fingerprint density at radius 2 is 1.79 bits per heavy atom. The number of Topliss-reactive ketones (excluding diaryl/α,β-unsaturated/α-hetero) is 1. The third-order valence-corrected chi connectivity index (χ3v) is 3.90. The highest BCUT2D eigenvalue weighted by molar-refractivity contribution is 6.02. The number of hydrogen-bond acceptors (Lipinski definition) is 3. The molecule has 0 bridgehead atoms. The standard InChI is InChI=1S/C18H20N2O4/c1-10-16(12(3)21)11(2)19-17(10)18(24)20-14(9-15(22)23)13-7-5-4-6-8-13/h4-8,14,19H,9H2,1-3H3,(H,20,24)(H,22,23). The summed E-state index contributed by atoms with van der Waals surface area (Å²) in [5.41, 5.74) is 2.68. The first-order valence-electron chi connectivity index (χ1n) is 7.59. The number of carbonyl (C=O) groups excluding carboxylic acids is 2. The average molecular weight is 328 g/mol. The highest BCUT2D eigenvalue weighted by atomic mass is 16.4. The molecule has 0 aliphatic rings. The smallest absolute Gasteiger partial charge is 0.305 e. The predicted octanol–water partition coefficient (Wildman–Crippen LogP) is 2.78. The van der Waals surface area contributed by atoms with Crippen molar-refractivity contribution in [1.82, 2.24) is 10.3 Å². The Kier molecular flexibility index (Phi) is 5.18. The van der Waals surface area contributed by atoms with Gasteiger partial charge in [0.15, 0.2) is 5.78 Å². The number of nitrogens with one attached hydrogen (secondary N) is 2. The fraction of sp³-hybridized carbons (Fsp3) is 0.278. The molecule has 1 aromatic carbocycles. The number of aryl methyl sites for hydroxylation is 1. The van der Waals surface area contributed by atoms with E-state index >= 15 is 0 Å². The minimum atomic E-state index is -1.01. The fourth-order valence-electron chi connectivity index (χ4n) is 2.85. The van der Waals surface area contributed by atoms with Gasteiger partial charge in [0.1, 0.15) is 5.69 Å². The van der Waals surface area contributed by atoms with E-state index in [0.29, 0.717) is 22.4 Å². The van der Waals surface area contributed by atoms with Crippen molar-refractivity contribution in [1.29, 1.82) is 0 Å². The first-order valence-corrected chi connectivity index (χ1v) is 7.59. The number of aliphatic carboxylic acids is 1. The van der Waals surface area contributed by atoms with Crippen LogP contribution in [-0.4, -0.2) is 27.8 Å². The van der Waals surface area contributed by atoms with E-state index < -0.39 is 17.9 Å². The van der Waals surface area contributed by atoms with Crippen LogP contribution in [0, 0.1) is 13.8 Å². The molecule has 3 N–H and O–H groups in total. The number of benzene rings is 1. The number of rotatable bonds is 6. The van der Waals surface area contributed by atoms with Crippen LogP contribution in [0.5, 0.6) is 0 Å². The van der Waals surface area contributed by atoms with Crippen molar-refractivity contribution >= 4 is 17.7 Å². The second-order valence-electron chi connectivity index (χ2n) is 5.72. The minimum Gasteiger partial charge on any atom is -0.481 e. The number of H-pyrrole nitrogens is 1. The summed E-state index contributed by atoms with van der Waals surface area (Å²) in [5.74, 6) is -1.56. The molecule has 0 aliphatic carbocycles. The number of aromatic amines is 1. The number of amides is 1. The number of ketones is 1. The molecule has 0 fully saturated rings. The fourth-order valence-corrected chi connectivity index (χ4v) is 2.85. The minimum absolute atomic E-state index is 0.120. The van der Waals surface area contributed by atoms with Gasteiger partial charge in [-0.2, -0.15) is 0 Å². The van der Waals surface area contributed by atoms with E-state index in [1.54, 1.807) is 38.1 Å². The molecule has 1 atom stereocenters. The van der Waals surface area contributed by atoms with Gasteiger partial charge in [-0.15, -0.1) is 0 Å². The average Bonchev–Trinajstić information content (AvgIpc) is 2.82. The van der Waals surface area contributed by atoms with Crippen molar-refractivity contribution < 1.29 is 19.5 Å². The number of carboxylic acids is 1. The molecule has 1 heterocycles. The van der Waals surface area contributed by atoms with Crippen LogP contribution in [0.15, 0.2) is 30.3 Å². The molecule has 1 unspecified atom stereocenters. The number of aromatic nitrogens is 1. The van der Waals surface area contributed by atoms with Gasteiger partial charge in [-0.25, -0.2) is 0 Å². The molecule has 6 heteroatoms. The maximum atomic E-state index is 12.6. The molecule has 24 heavy (non-hydrogen) atoms. The van der Waals surface area contributed by atoms with Gasteiger partial charge in [0, 0.05) is 11.3 Å². The maximum Gasteiger partial charge on any atom is 0.305 e. The zero-order valence-corrected chi connectivity index (χ0v) is 13.8. The van der Waals surface area contributed by atoms with Crippen LogP contribution >= 0.6 is 0 Å². The van der Waals surface area contributed by atoms with Gasteiger partial charge < -0.3 is 15.4 Å². The molecule has 0 saturated heterocycles. The highest BCUT2D eigenvalue weighted by Crippen LogP contribution is 2.21. The van der Waals surface area contributed by atoms with Crippen LogP contribution in [0.3, 0.4) is 0 Å². The monoisotopic (exact) mass is 328 g/mol. The summed E-state index contributed by atoms with van der Waals surface area (Å²) in [6.45, 7) is 4.87. The second-order valence-corrected chi connectivity index (χ2v) is 5.72. The van der Waals surface area contributed by atoms with Gasteiger partial charge in [-0.3, -0.25) is 14.4 Å². The molecule has 126 valence electrons. The van der Waals surface area contributed by atoms with Crippen molar-refractivity contribution in [3.63, 3.8) is 0 Å². The van der Waals surface area contributed by atoms with Gasteiger partial charge in [0.25, 0.3) is 5.91 Å². The summed E-state index contributed by atoms with van der Waals surface area (Å²) in [7, 11) is 0. The normalized spacial score (nSPS) is 11.8. The Morgan fingerprint density at radius 1 is 1.17 bits per heavy atom. The van der Waals surface area contributed by atoms with Crippen LogP contribution in [-0.2, 0) is 4.79 Å². The van der Waals surface area contributed by atoms with E-state index in [1.807, 2.05) is 6.07 Å². The molecular weight excluding hydrogens is 308 g/mol. The summed E-state index contributed by atoms with van der Waals surface area (Å²) in [6.07, 6.45) is -0.228. The van der Waals surface area contributed by atoms with Crippen molar-refractivity contribution in [2.24, 2.45) is 0 Å². The lowest BCUT2D eigenvalue weighted by Gasteiger charge is -2.17. The van der Waals surface area contributed by atoms with Gasteiger partial charge in [-0.05, 0) is 31.9 Å². The molecule has 0 saturated carbocycles. The van der Waals surface area contributed by atoms with E-state index in [-0.39, 0.29) is 17.9 Å². The lowest BCUT2D eigenvalue weighted by molar-refractivity contribution is -0.137. The van der Waals surface area contributed by atoms with Crippen LogP contribution in [0.25, 0.3) is 0 Å². The molecule has 1 amide bonds. The number of carboxylic acid groups (broad SMARTS) is 1. The molecule has 2 rings (SSSR count). The zero-order chi connectivity index (χ0) is 17.9. The molecule has 1 aromatic heterocycles. The van der Waals surface area contributed by atoms with Crippen molar-refractivity contribution in [2.75, 3.05) is 0 Å². The van der Waals surface area contributed by atoms with E-state index in [4.69, 9.17) is 5.11 Å². The van der Waals surface area contributed by atoms with E-state index in [1.165, 1.54) is 6.92 Å². The summed E-state index contributed by atoms with van der Waals surface area (Å²) in [4.78, 5) is 38.3. The van der Waals surface area contributed by atoms with Crippen molar-refractivity contribution in [3.05, 3.63) is 58.4 Å². The Bertz CT molecular complexity index is 778. The number of carbonyl (C=O) groups is 3. The van der Waals surface area contributed by atoms with E-state index in [0.717, 1.165) is 0 Å². The van der Waals surface area contributed by atoms with E-state index in [9.17, 15) is 14.4 Å². The SMILES string of the molecule is CC(=O)c1c(C)[nH]c(C(=O)NC(CC(=O)O)c2ccccc2)c1C. The third kappa shape index (κ3) is 3.71. The molecule has 0 spiro atoms. The van der Waals surface area contributed by atoms with Crippen molar-refractivity contribution in [2.45, 2.75) is 33.2 Å². The van der Waals surface area contributed by atoms with Crippen LogP contribution in [0.1, 0.15) is 57.1 Å². The van der Waals surface area contributed by atoms with Gasteiger partial charge in [0.05, 0.1) is 12.5 Å². The summed E-state index contributed by atoms with van der Waals surface area (Å²) >= 11 is 0. The topological polar surface area (TPSA) is 99.3 Å². The molecule has 0 radical (unpaired) electrons. The Hall–Kier alpha value is -2.89. The number of hydrogen-bond donors (Lipinski definition) is 3. The lowest BCUT2D eigenvalue weighted by atomic mass is 10.0. The highest BCUT2D eigenvalue weighted by Gasteiger charge is 2.23. The van der Waals surface area contributed by atoms with Gasteiger partial charge >= 0.3 is 5.97 Å². The second kappa shape index (κ2) is 7.12. The van der Waals surface area contributed by atoms with Crippen LogP contribution < -0.4 is 5.32 Å². The zero-order valence-electron chi connectivity index (χ0n) is 13.8. The van der Waals surface area contributed by atoms with Crippen molar-refractivity contribution in [3.8, 4) is 0 Å². The third-order valence-electron chi connectivity index (χ3n) is 3.90. The maximum absolute atomic E-state index is 12.6. The lowest BCUT2D eigenvalue weighted by Crippen LogP contribution is -2.31. The quantitative estimate of drug-likeness (QED) is 0.710. The van der Waals surface area contributed by atoms with Gasteiger partial charge in [-0.1, -0.05) is 30.3 Å². The molecule has 0 aliphatic heterocycles. The summed E-state index contributed by atoms with van der Waals surface area (Å²) in [5, 5.41) is 11.8. The Labute approximate surface area is 139 Å². The Morgan fingerprint density at radius 3 is 2.29 bits per heavy atom. The van der Waals surface area contributed by atoms with Crippen LogP contribution in [0.2, 0.25) is 0 Å². The van der Waals surface area contributed by atoms with Gasteiger partial charge in [0.2, 0.25) is 0 Å². The Balaban J connectivity index is 2.30. The molecular formula is C18H20N2O4. The first kappa shape index (κ1) is 17.5. The summed E-state index contributed by atoms with van der Waals surface area (Å²) in [6, 6.07) is 8.27. The largest absolute Gasteiger partial charge is 0.481 e. The molecule has 6 nitrogen and oxygen atoms in total. The first-order chi connectivity index (χ1) is 11.3. The molecule has 2 aromatic rings. The summed E-state index contributed by atoms with van der Waals surface area (Å²) < 4.78 is 0. The van der Waals surface area contributed by atoms with E-state index in [2.05, 4.69) is 10.3 Å².